The fraction of sp³-hybridized carbons (Fsp3) is 0.339. The average molecular weight is 1920 g/mol. The standard InChI is InChI=1S/C23H25N3O3.C22H23N3O3.C22H24N2O4.C21H22FN3O4.C21H21N5O2/c1-25-10-12-26(13-11-25)17-9-8-16-14-19(23(27)29-21(16)15-17)20-6-3-7-22(24-20)28-18-4-2-5-18;26-22-18(19-5-2-6-21(24-19)27-17-3-1-4-17)13-15-7-8-16(14-20(15)28-22)25-11-9-23-10-12-25;1-14-13-24(7-6-23-14)17-5-4-15-10-20(22(25)28-21(15)11-17)16-8-18(26-2)12-19(9-16)27-3;1-12-11-25(7-6-23-12)13-8-16(22)14-10-15(21(26)29-19(14)9-13)17-4-5-18(27-2)20(24-17)28-3;1-13-10-26(11-14(2)23-13)16-4-3-15-7-17(21(27)28-19(15)8-16)18-12-25-6-5-22-9-20(25)24-18/h3,6-9,14-15,18H,2,4-5,10-13H2,1H3;2,5-8,13-14,17,23H,1,3-4,9-12H2;4-5,8-12,14,23H,6-7,13H2,1-3H3;4-5,8-10,12,23H,6-7,11H2,1-3H3;3-9,12-14,23H,10-11H2,1-2H3/t;;14-;12-;13-,14+/m..01./s1. The second kappa shape index (κ2) is 43.0. The number of rotatable bonds is 18. The lowest BCUT2D eigenvalue weighted by molar-refractivity contribution is 0.114. The highest BCUT2D eigenvalue weighted by Crippen LogP contribution is 2.38. The molecule has 0 unspecified atom stereocenters. The van der Waals surface area contributed by atoms with Crippen molar-refractivity contribution in [2.45, 2.75) is 103 Å². The maximum absolute atomic E-state index is 14.9. The van der Waals surface area contributed by atoms with Crippen LogP contribution in [0.15, 0.2) is 253 Å². The molecule has 2 aliphatic carbocycles. The minimum atomic E-state index is -0.595. The summed E-state index contributed by atoms with van der Waals surface area (Å²) in [5.74, 6) is 2.59. The smallest absolute Gasteiger partial charge is 0.345 e. The van der Waals surface area contributed by atoms with Gasteiger partial charge in [0, 0.05) is 246 Å². The summed E-state index contributed by atoms with van der Waals surface area (Å²) in [7, 11) is 8.25. The van der Waals surface area contributed by atoms with Gasteiger partial charge >= 0.3 is 28.1 Å². The van der Waals surface area contributed by atoms with Crippen molar-refractivity contribution in [1.29, 1.82) is 0 Å². The van der Waals surface area contributed by atoms with E-state index in [1.165, 1.54) is 39.2 Å². The first-order chi connectivity index (χ1) is 69.0. The van der Waals surface area contributed by atoms with Crippen molar-refractivity contribution in [2.75, 3.05) is 165 Å². The zero-order valence-electron chi connectivity index (χ0n) is 80.9. The number of benzene rings is 6. The number of aromatic nitrogens is 6. The molecular weight excluding hydrogens is 1810 g/mol. The molecule has 0 amide bonds. The summed E-state index contributed by atoms with van der Waals surface area (Å²) in [6.45, 7) is 23.4. The van der Waals surface area contributed by atoms with Gasteiger partial charge in [0.25, 0.3) is 5.88 Å². The predicted molar refractivity (Wildman–Crippen MR) is 551 cm³/mol. The fourth-order valence-electron chi connectivity index (χ4n) is 18.7. The van der Waals surface area contributed by atoms with Gasteiger partial charge in [-0.05, 0) is 200 Å². The molecule has 7 aliphatic rings. The number of imidazole rings is 1. The van der Waals surface area contributed by atoms with Gasteiger partial charge < -0.3 is 106 Å². The van der Waals surface area contributed by atoms with E-state index in [4.69, 9.17) is 50.5 Å². The molecule has 0 bridgehead atoms. The summed E-state index contributed by atoms with van der Waals surface area (Å²) in [6, 6.07) is 57.5. The average Bonchev–Trinajstić information content (AvgIpc) is 0.950. The van der Waals surface area contributed by atoms with Crippen molar-refractivity contribution in [3.8, 4) is 91.0 Å². The van der Waals surface area contributed by atoms with E-state index in [1.54, 1.807) is 69.2 Å². The molecule has 32 nitrogen and oxygen atoms in total. The molecule has 10 aromatic heterocycles. The highest BCUT2D eigenvalue weighted by Gasteiger charge is 2.29. The number of halogens is 1. The minimum Gasteiger partial charge on any atom is -0.497 e. The van der Waals surface area contributed by atoms with Crippen LogP contribution in [0.2, 0.25) is 0 Å². The number of hydrogen-bond donors (Lipinski definition) is 4. The number of likely N-dealkylation sites (N-methyl/N-ethyl adjacent to an activating group) is 1. The lowest BCUT2D eigenvalue weighted by atomic mass is 9.96. The first-order valence-electron chi connectivity index (χ1n) is 48.4. The highest BCUT2D eigenvalue weighted by atomic mass is 19.1. The van der Waals surface area contributed by atoms with Crippen molar-refractivity contribution in [3.63, 3.8) is 0 Å². The van der Waals surface area contributed by atoms with Gasteiger partial charge in [-0.2, -0.15) is 0 Å². The van der Waals surface area contributed by atoms with Crippen LogP contribution >= 0.6 is 0 Å². The van der Waals surface area contributed by atoms with Crippen LogP contribution in [-0.4, -0.2) is 211 Å². The van der Waals surface area contributed by atoms with Gasteiger partial charge in [0.2, 0.25) is 11.8 Å². The van der Waals surface area contributed by atoms with Crippen molar-refractivity contribution >= 4 is 88.9 Å². The van der Waals surface area contributed by atoms with Crippen LogP contribution < -0.4 is 102 Å². The van der Waals surface area contributed by atoms with E-state index in [9.17, 15) is 28.4 Å². The maximum atomic E-state index is 14.9. The molecule has 4 atom stereocenters. The molecule has 6 aromatic carbocycles. The first kappa shape index (κ1) is 95.9. The van der Waals surface area contributed by atoms with Gasteiger partial charge in [-0.25, -0.2) is 48.3 Å². The number of nitrogens with one attached hydrogen (secondary N) is 4. The third-order valence-electron chi connectivity index (χ3n) is 26.8. The maximum Gasteiger partial charge on any atom is 0.345 e. The normalized spacial score (nSPS) is 17.9. The molecule has 734 valence electrons. The van der Waals surface area contributed by atoms with Crippen LogP contribution in [0, 0.1) is 5.82 Å². The van der Waals surface area contributed by atoms with E-state index < -0.39 is 11.4 Å². The van der Waals surface area contributed by atoms with Crippen LogP contribution in [0.3, 0.4) is 0 Å². The second-order valence-corrected chi connectivity index (χ2v) is 37.0. The second-order valence-electron chi connectivity index (χ2n) is 37.0. The zero-order chi connectivity index (χ0) is 98.2. The Morgan fingerprint density at radius 2 is 0.838 bits per heavy atom. The van der Waals surface area contributed by atoms with Crippen LogP contribution in [0.5, 0.6) is 34.9 Å². The molecular formula is C109H115FN16O16. The van der Waals surface area contributed by atoms with Gasteiger partial charge in [0.05, 0.1) is 90.6 Å². The number of hydrogen-bond acceptors (Lipinski definition) is 31. The van der Waals surface area contributed by atoms with Crippen LogP contribution in [0.1, 0.15) is 66.2 Å². The van der Waals surface area contributed by atoms with E-state index in [2.05, 4.69) is 135 Å². The monoisotopic (exact) mass is 1920 g/mol. The van der Waals surface area contributed by atoms with Crippen LogP contribution in [0.4, 0.5) is 32.8 Å². The van der Waals surface area contributed by atoms with Crippen LogP contribution in [-0.2, 0) is 0 Å². The Hall–Kier alpha value is -15.0. The molecule has 23 rings (SSSR count). The molecule has 5 aliphatic heterocycles. The van der Waals surface area contributed by atoms with Crippen LogP contribution in [0.25, 0.3) is 117 Å². The summed E-state index contributed by atoms with van der Waals surface area (Å²) in [4.78, 5) is 98.9. The van der Waals surface area contributed by atoms with Crippen molar-refractivity contribution in [3.05, 3.63) is 265 Å². The summed E-state index contributed by atoms with van der Waals surface area (Å²) in [5, 5.41) is 17.4. The van der Waals surface area contributed by atoms with Crippen molar-refractivity contribution in [2.24, 2.45) is 0 Å². The molecule has 0 spiro atoms. The Kier molecular flexibility index (Phi) is 29.0. The Labute approximate surface area is 817 Å². The molecule has 15 heterocycles. The SMILES string of the molecule is CN1CCN(c2ccc3cc(-c4cccc(OC5CCC5)n4)c(=O)oc3c2)CC1.COc1cc(OC)cc(-c2cc3ccc(N4CCN[C@@H](C)C4)cc3oc2=O)c1.COc1ccc(-c2cc3c(F)cc(N4CCN[C@H](C)C4)cc3oc2=O)nc1OC.C[C@@H]1CN(c2ccc3cc(-c4cn5ccncc5n4)c(=O)oc3c2)C[C@H](C)N1.O=c1oc2cc(N3CCNCC3)ccc2cc1-c1cccc(OC2CCC2)n1. The lowest BCUT2D eigenvalue weighted by Gasteiger charge is -2.37. The molecule has 33 heteroatoms. The molecule has 142 heavy (non-hydrogen) atoms. The Morgan fingerprint density at radius 1 is 0.394 bits per heavy atom. The summed E-state index contributed by atoms with van der Waals surface area (Å²) in [6.07, 6.45) is 14.1. The topological polar surface area (TPSA) is 343 Å². The molecule has 16 aromatic rings. The van der Waals surface area contributed by atoms with E-state index in [1.807, 2.05) is 120 Å². The number of piperazine rings is 5. The zero-order valence-corrected chi connectivity index (χ0v) is 80.9. The molecule has 2 saturated carbocycles. The Morgan fingerprint density at radius 3 is 1.32 bits per heavy atom. The molecule has 4 N–H and O–H groups in total. The number of anilines is 5. The largest absolute Gasteiger partial charge is 0.497 e. The summed E-state index contributed by atoms with van der Waals surface area (Å²) in [5.41, 5.74) is 11.0. The van der Waals surface area contributed by atoms with Crippen molar-refractivity contribution in [1.82, 2.24) is 55.5 Å². The number of pyridine rings is 3. The number of nitrogens with zero attached hydrogens (tertiary/aromatic N) is 12. The highest BCUT2D eigenvalue weighted by molar-refractivity contribution is 5.90. The molecule has 5 saturated heterocycles. The fourth-order valence-corrected chi connectivity index (χ4v) is 18.7. The van der Waals surface area contributed by atoms with Gasteiger partial charge in [-0.15, -0.1) is 0 Å². The quantitative estimate of drug-likeness (QED) is 0.0580. The molecule has 7 fully saturated rings. The first-order valence-corrected chi connectivity index (χ1v) is 48.4. The molecule has 0 radical (unpaired) electrons. The third-order valence-corrected chi connectivity index (χ3v) is 26.8. The van der Waals surface area contributed by atoms with Gasteiger partial charge in [-0.3, -0.25) is 4.98 Å². The Balaban J connectivity index is 0.000000113. The number of ether oxygens (including phenoxy) is 6. The van der Waals surface area contributed by atoms with E-state index in [0.717, 1.165) is 175 Å². The number of fused-ring (bicyclic) bond motifs is 6. The minimum absolute atomic E-state index is 0.154. The van der Waals surface area contributed by atoms with Gasteiger partial charge in [0.15, 0.2) is 11.4 Å². The van der Waals surface area contributed by atoms with E-state index in [-0.39, 0.29) is 57.1 Å². The summed E-state index contributed by atoms with van der Waals surface area (Å²) < 4.78 is 77.6. The number of methoxy groups -OCH3 is 4. The van der Waals surface area contributed by atoms with Crippen molar-refractivity contribution < 1.29 is 54.9 Å². The Bertz CT molecular complexity index is 7530. The van der Waals surface area contributed by atoms with E-state index >= 15 is 0 Å². The predicted octanol–water partition coefficient (Wildman–Crippen LogP) is 15.5. The van der Waals surface area contributed by atoms with Gasteiger partial charge in [0.1, 0.15) is 57.4 Å². The lowest BCUT2D eigenvalue weighted by Crippen LogP contribution is -2.54. The summed E-state index contributed by atoms with van der Waals surface area (Å²) >= 11 is 0. The van der Waals surface area contributed by atoms with E-state index in [0.29, 0.717) is 137 Å². The van der Waals surface area contributed by atoms with Gasteiger partial charge in [-0.1, -0.05) is 12.1 Å². The third kappa shape index (κ3) is 22.1.